The summed E-state index contributed by atoms with van der Waals surface area (Å²) < 4.78 is 6.90. The Balaban J connectivity index is 1.57. The van der Waals surface area contributed by atoms with Gasteiger partial charge in [0.25, 0.3) is 0 Å². The third-order valence-corrected chi connectivity index (χ3v) is 7.23. The zero-order chi connectivity index (χ0) is 16.0. The molecule has 3 heteroatoms. The molecule has 5 rings (SSSR count). The molecule has 0 amide bonds. The van der Waals surface area contributed by atoms with Gasteiger partial charge >= 0.3 is 0 Å². The van der Waals surface area contributed by atoms with Crippen LogP contribution in [0.4, 0.5) is 0 Å². The van der Waals surface area contributed by atoms with Gasteiger partial charge in [-0.25, -0.2) is 0 Å². The van der Waals surface area contributed by atoms with E-state index in [1.54, 1.807) is 7.11 Å². The molecular formula is C20H28BrNO. The molecule has 0 atom stereocenters. The van der Waals surface area contributed by atoms with Gasteiger partial charge in [0.15, 0.2) is 0 Å². The summed E-state index contributed by atoms with van der Waals surface area (Å²) in [7, 11) is 4.14. The molecule has 0 aliphatic heterocycles. The number of ether oxygens (including phenoxy) is 1. The number of halogens is 1. The van der Waals surface area contributed by atoms with Crippen molar-refractivity contribution in [2.75, 3.05) is 20.7 Å². The van der Waals surface area contributed by atoms with Crippen molar-refractivity contribution in [3.8, 4) is 0 Å². The highest BCUT2D eigenvalue weighted by Crippen LogP contribution is 2.57. The average Bonchev–Trinajstić information content (AvgIpc) is 2.66. The monoisotopic (exact) mass is 377 g/mol. The molecule has 4 saturated carbocycles. The van der Waals surface area contributed by atoms with Gasteiger partial charge in [-0.3, -0.25) is 4.90 Å². The Morgan fingerprint density at radius 3 is 2.35 bits per heavy atom. The molecule has 0 unspecified atom stereocenters. The smallest absolute Gasteiger partial charge is 0.123 e. The number of hydrogen-bond donors (Lipinski definition) is 0. The van der Waals surface area contributed by atoms with Crippen LogP contribution < -0.4 is 0 Å². The standard InChI is InChI=1S/C20H28BrNO/c1-22(13-17-9-18(21)4-3-5-19(17)23-2)20-10-14-6-15(11-20)8-16(7-14)12-20/h3,5,9,14-16H,4,6-8,10-13H2,1-2H3. The minimum Gasteiger partial charge on any atom is -0.496 e. The van der Waals surface area contributed by atoms with Gasteiger partial charge in [-0.15, -0.1) is 0 Å². The molecule has 0 heterocycles. The Labute approximate surface area is 148 Å². The molecule has 4 fully saturated rings. The van der Waals surface area contributed by atoms with Crippen LogP contribution in [0.15, 0.2) is 34.0 Å². The third-order valence-electron chi connectivity index (χ3n) is 6.67. The van der Waals surface area contributed by atoms with Crippen LogP contribution in [0.5, 0.6) is 0 Å². The highest BCUT2D eigenvalue weighted by Gasteiger charge is 2.52. The molecule has 0 aromatic rings. The molecule has 5 aliphatic carbocycles. The number of methoxy groups -OCH3 is 1. The number of hydrogen-bond acceptors (Lipinski definition) is 2. The van der Waals surface area contributed by atoms with E-state index in [4.69, 9.17) is 4.74 Å². The van der Waals surface area contributed by atoms with E-state index in [-0.39, 0.29) is 0 Å². The maximum absolute atomic E-state index is 5.65. The van der Waals surface area contributed by atoms with Crippen molar-refractivity contribution >= 4 is 15.9 Å². The third kappa shape index (κ3) is 2.95. The summed E-state index contributed by atoms with van der Waals surface area (Å²) in [4.78, 5) is 2.67. The molecule has 0 spiro atoms. The lowest BCUT2D eigenvalue weighted by atomic mass is 9.52. The van der Waals surface area contributed by atoms with E-state index >= 15 is 0 Å². The van der Waals surface area contributed by atoms with Gasteiger partial charge in [0.2, 0.25) is 0 Å². The lowest BCUT2D eigenvalue weighted by molar-refractivity contribution is -0.0758. The molecule has 0 radical (unpaired) electrons. The van der Waals surface area contributed by atoms with Crippen molar-refractivity contribution in [1.29, 1.82) is 0 Å². The topological polar surface area (TPSA) is 12.5 Å². The van der Waals surface area contributed by atoms with E-state index in [1.165, 1.54) is 48.6 Å². The van der Waals surface area contributed by atoms with Gasteiger partial charge in [0.05, 0.1) is 7.11 Å². The van der Waals surface area contributed by atoms with Crippen molar-refractivity contribution in [1.82, 2.24) is 4.90 Å². The van der Waals surface area contributed by atoms with Crippen LogP contribution in [0.2, 0.25) is 0 Å². The molecule has 4 bridgehead atoms. The normalized spacial score (nSPS) is 39.0. The summed E-state index contributed by atoms with van der Waals surface area (Å²) in [5.41, 5.74) is 1.77. The highest BCUT2D eigenvalue weighted by molar-refractivity contribution is 9.11. The molecule has 5 aliphatic rings. The highest BCUT2D eigenvalue weighted by atomic mass is 79.9. The average molecular weight is 378 g/mol. The number of rotatable bonds is 4. The zero-order valence-electron chi connectivity index (χ0n) is 14.4. The fraction of sp³-hybridized carbons (Fsp3) is 0.700. The van der Waals surface area contributed by atoms with Gasteiger partial charge in [-0.05, 0) is 86.4 Å². The summed E-state index contributed by atoms with van der Waals surface area (Å²) in [6, 6.07) is 0. The summed E-state index contributed by atoms with van der Waals surface area (Å²) in [5.74, 6) is 4.01. The first-order valence-electron chi connectivity index (χ1n) is 9.09. The van der Waals surface area contributed by atoms with E-state index in [0.29, 0.717) is 5.54 Å². The first-order chi connectivity index (χ1) is 11.1. The maximum Gasteiger partial charge on any atom is 0.123 e. The molecule has 0 N–H and O–H groups in total. The fourth-order valence-electron chi connectivity index (χ4n) is 5.98. The van der Waals surface area contributed by atoms with Gasteiger partial charge in [-0.1, -0.05) is 22.0 Å². The molecule has 0 aromatic heterocycles. The van der Waals surface area contributed by atoms with E-state index in [1.807, 2.05) is 0 Å². The summed E-state index contributed by atoms with van der Waals surface area (Å²) in [6.45, 7) is 0.995. The molecule has 2 nitrogen and oxygen atoms in total. The largest absolute Gasteiger partial charge is 0.496 e. The van der Waals surface area contributed by atoms with Crippen molar-refractivity contribution in [3.05, 3.63) is 34.0 Å². The summed E-state index contributed by atoms with van der Waals surface area (Å²) in [6.07, 6.45) is 16.3. The number of nitrogens with zero attached hydrogens (tertiary/aromatic N) is 1. The maximum atomic E-state index is 5.65. The van der Waals surface area contributed by atoms with Crippen LogP contribution in [-0.2, 0) is 4.74 Å². The predicted octanol–water partition coefficient (Wildman–Crippen LogP) is 5.03. The fourth-order valence-corrected chi connectivity index (χ4v) is 6.45. The quantitative estimate of drug-likeness (QED) is 0.681. The second-order valence-corrected chi connectivity index (χ2v) is 9.31. The molecular weight excluding hydrogens is 350 g/mol. The summed E-state index contributed by atoms with van der Waals surface area (Å²) in [5, 5.41) is 0. The van der Waals surface area contributed by atoms with Crippen LogP contribution in [0.3, 0.4) is 0 Å². The molecule has 126 valence electrons. The van der Waals surface area contributed by atoms with Crippen LogP contribution in [-0.4, -0.2) is 31.1 Å². The van der Waals surface area contributed by atoms with Gasteiger partial charge in [0, 0.05) is 17.7 Å². The van der Waals surface area contributed by atoms with Gasteiger partial charge < -0.3 is 4.74 Å². The van der Waals surface area contributed by atoms with Crippen molar-refractivity contribution < 1.29 is 4.74 Å². The van der Waals surface area contributed by atoms with Crippen molar-refractivity contribution in [3.63, 3.8) is 0 Å². The zero-order valence-corrected chi connectivity index (χ0v) is 15.9. The Kier molecular flexibility index (Phi) is 4.21. The first-order valence-corrected chi connectivity index (χ1v) is 9.88. The van der Waals surface area contributed by atoms with Crippen LogP contribution in [0.25, 0.3) is 0 Å². The first kappa shape index (κ1) is 16.0. The summed E-state index contributed by atoms with van der Waals surface area (Å²) >= 11 is 3.69. The van der Waals surface area contributed by atoms with E-state index in [9.17, 15) is 0 Å². The second kappa shape index (κ2) is 6.07. The van der Waals surface area contributed by atoms with E-state index in [2.05, 4.69) is 46.1 Å². The van der Waals surface area contributed by atoms with Crippen molar-refractivity contribution in [2.45, 2.75) is 50.5 Å². The predicted molar refractivity (Wildman–Crippen MR) is 98.3 cm³/mol. The van der Waals surface area contributed by atoms with Crippen LogP contribution in [0.1, 0.15) is 44.9 Å². The van der Waals surface area contributed by atoms with Gasteiger partial charge in [0.1, 0.15) is 5.76 Å². The van der Waals surface area contributed by atoms with Gasteiger partial charge in [-0.2, -0.15) is 0 Å². The number of likely N-dealkylation sites (N-methyl/N-ethyl adjacent to an activating group) is 1. The Morgan fingerprint density at radius 2 is 1.78 bits per heavy atom. The van der Waals surface area contributed by atoms with Crippen LogP contribution >= 0.6 is 15.9 Å². The van der Waals surface area contributed by atoms with E-state index < -0.39 is 0 Å². The lowest BCUT2D eigenvalue weighted by Crippen LogP contribution is -2.59. The molecule has 0 saturated heterocycles. The van der Waals surface area contributed by atoms with Crippen molar-refractivity contribution in [2.24, 2.45) is 17.8 Å². The number of allylic oxidation sites excluding steroid dienone is 3. The Morgan fingerprint density at radius 1 is 1.17 bits per heavy atom. The molecule has 23 heavy (non-hydrogen) atoms. The Bertz CT molecular complexity index is 539. The lowest BCUT2D eigenvalue weighted by Gasteiger charge is -2.60. The van der Waals surface area contributed by atoms with Crippen LogP contribution in [0, 0.1) is 17.8 Å². The molecule has 0 aromatic carbocycles. The minimum atomic E-state index is 0.455. The second-order valence-electron chi connectivity index (χ2n) is 8.29. The Hall–Kier alpha value is -0.540. The van der Waals surface area contributed by atoms with E-state index in [0.717, 1.165) is 36.5 Å². The SMILES string of the molecule is COC1=C(CN(C)C23CC4CC(CC(C4)C2)C3)C=C(Br)CC=C1. The minimum absolute atomic E-state index is 0.455.